The van der Waals surface area contributed by atoms with E-state index < -0.39 is 6.17 Å². The Bertz CT molecular complexity index is 3830. The predicted octanol–water partition coefficient (Wildman–Crippen LogP) is 14.0. The van der Waals surface area contributed by atoms with E-state index in [2.05, 4.69) is 114 Å². The van der Waals surface area contributed by atoms with E-state index in [0.717, 1.165) is 82.8 Å². The SMILES string of the molecule is c1ccc(C2=NC(c3ccccc3)[N-]C(c3cccc4oc5cc(-c6nc(-c7ccc8c9ccccc9n(-c9ccccc9)c8c7)nc7c6oc6ccccc67)ccc5c34)=N2)cc1. The summed E-state index contributed by atoms with van der Waals surface area (Å²) in [6.07, 6.45) is -0.450. The molecule has 1 aliphatic rings. The second-order valence-corrected chi connectivity index (χ2v) is 15.8. The quantitative estimate of drug-likeness (QED) is 0.167. The van der Waals surface area contributed by atoms with Crippen LogP contribution in [0.4, 0.5) is 0 Å². The van der Waals surface area contributed by atoms with E-state index >= 15 is 0 Å². The van der Waals surface area contributed by atoms with Gasteiger partial charge in [0.05, 0.1) is 23.0 Å². The van der Waals surface area contributed by atoms with Crippen molar-refractivity contribution < 1.29 is 8.83 Å². The molecule has 0 radical (unpaired) electrons. The van der Waals surface area contributed by atoms with Crippen molar-refractivity contribution in [1.29, 1.82) is 0 Å². The summed E-state index contributed by atoms with van der Waals surface area (Å²) in [5.74, 6) is 1.84. The number of rotatable bonds is 6. The second-order valence-electron chi connectivity index (χ2n) is 15.8. The molecule has 4 aromatic heterocycles. The van der Waals surface area contributed by atoms with Crippen molar-refractivity contribution in [2.24, 2.45) is 9.98 Å². The van der Waals surface area contributed by atoms with Crippen molar-refractivity contribution in [3.05, 3.63) is 216 Å². The Morgan fingerprint density at radius 2 is 1.19 bits per heavy atom. The molecule has 0 aliphatic carbocycles. The monoisotopic (exact) mass is 809 g/mol. The summed E-state index contributed by atoms with van der Waals surface area (Å²) in [5, 5.41) is 10.3. The van der Waals surface area contributed by atoms with Gasteiger partial charge in [-0.25, -0.2) is 9.97 Å². The van der Waals surface area contributed by atoms with Gasteiger partial charge in [-0.15, -0.1) is 0 Å². The van der Waals surface area contributed by atoms with Gasteiger partial charge in [0.1, 0.15) is 28.0 Å². The van der Waals surface area contributed by atoms with Gasteiger partial charge in [0.15, 0.2) is 11.4 Å². The highest BCUT2D eigenvalue weighted by molar-refractivity contribution is 6.26. The van der Waals surface area contributed by atoms with Crippen LogP contribution in [0.3, 0.4) is 0 Å². The molecule has 0 bridgehead atoms. The molecule has 0 spiro atoms. The minimum Gasteiger partial charge on any atom is -0.456 e. The van der Waals surface area contributed by atoms with Crippen LogP contribution in [-0.4, -0.2) is 26.2 Å². The number of fused-ring (bicyclic) bond motifs is 9. The van der Waals surface area contributed by atoms with Crippen LogP contribution in [0.15, 0.2) is 213 Å². The zero-order valence-corrected chi connectivity index (χ0v) is 33.6. The molecular weight excluding hydrogens is 777 g/mol. The fraction of sp³-hybridized carbons (Fsp3) is 0.0182. The van der Waals surface area contributed by atoms with Crippen LogP contribution in [0, 0.1) is 0 Å². The van der Waals surface area contributed by atoms with Gasteiger partial charge in [-0.3, -0.25) is 4.99 Å². The third kappa shape index (κ3) is 5.69. The first-order valence-electron chi connectivity index (χ1n) is 20.9. The molecule has 0 saturated carbocycles. The molecule has 12 aromatic rings. The lowest BCUT2D eigenvalue weighted by Crippen LogP contribution is -2.16. The molecule has 1 aliphatic heterocycles. The van der Waals surface area contributed by atoms with Crippen LogP contribution in [0.2, 0.25) is 0 Å². The Balaban J connectivity index is 0.976. The Hall–Kier alpha value is -8.62. The number of benzene rings is 8. The van der Waals surface area contributed by atoms with E-state index in [9.17, 15) is 0 Å². The van der Waals surface area contributed by atoms with Crippen LogP contribution in [0.1, 0.15) is 22.9 Å². The van der Waals surface area contributed by atoms with E-state index in [4.69, 9.17) is 34.1 Å². The van der Waals surface area contributed by atoms with Gasteiger partial charge in [0.25, 0.3) is 0 Å². The summed E-state index contributed by atoms with van der Waals surface area (Å²) in [6, 6.07) is 66.0. The standard InChI is InChI=1S/C55H33N6O2/c1-4-15-33(16-5-1)52-58-53(34-17-6-2-7-18-34)60-55(59-52)42-23-14-26-46-48(42)40-30-27-35(32-47(40)62-46)49-51-50(41-22-11-13-25-45(41)63-51)57-54(56-49)36-28-29-39-38-21-10-12-24-43(38)61(44(39)31-36)37-19-8-3-9-20-37/h1-32,52H/q-1. The molecule has 296 valence electrons. The Labute approximate surface area is 360 Å². The van der Waals surface area contributed by atoms with E-state index in [1.54, 1.807) is 0 Å². The largest absolute Gasteiger partial charge is 0.456 e. The fourth-order valence-corrected chi connectivity index (χ4v) is 9.09. The molecule has 5 heterocycles. The van der Waals surface area contributed by atoms with Crippen LogP contribution in [0.5, 0.6) is 0 Å². The average Bonchev–Trinajstić information content (AvgIpc) is 4.03. The number of aliphatic imine (C=N–C) groups is 2. The number of furan rings is 2. The molecule has 0 amide bonds. The van der Waals surface area contributed by atoms with E-state index in [-0.39, 0.29) is 0 Å². The maximum atomic E-state index is 6.68. The molecule has 0 saturated heterocycles. The lowest BCUT2D eigenvalue weighted by Gasteiger charge is -2.32. The molecule has 0 N–H and O–H groups in total. The zero-order valence-electron chi connectivity index (χ0n) is 33.6. The Morgan fingerprint density at radius 1 is 0.492 bits per heavy atom. The lowest BCUT2D eigenvalue weighted by atomic mass is 10.0. The van der Waals surface area contributed by atoms with Crippen molar-refractivity contribution >= 4 is 77.5 Å². The molecule has 8 aromatic carbocycles. The molecule has 0 fully saturated rings. The predicted molar refractivity (Wildman–Crippen MR) is 254 cm³/mol. The maximum absolute atomic E-state index is 6.68. The van der Waals surface area contributed by atoms with Gasteiger partial charge in [0.2, 0.25) is 0 Å². The number of hydrogen-bond acceptors (Lipinski definition) is 6. The van der Waals surface area contributed by atoms with E-state index in [0.29, 0.717) is 34.4 Å². The van der Waals surface area contributed by atoms with E-state index in [1.807, 2.05) is 84.9 Å². The van der Waals surface area contributed by atoms with Gasteiger partial charge in [-0.1, -0.05) is 145 Å². The summed E-state index contributed by atoms with van der Waals surface area (Å²) >= 11 is 0. The smallest absolute Gasteiger partial charge is 0.180 e. The molecule has 8 heteroatoms. The third-order valence-corrected chi connectivity index (χ3v) is 12.0. The van der Waals surface area contributed by atoms with Crippen molar-refractivity contribution in [2.75, 3.05) is 0 Å². The van der Waals surface area contributed by atoms with Gasteiger partial charge in [-0.2, -0.15) is 0 Å². The summed E-state index contributed by atoms with van der Waals surface area (Å²) in [4.78, 5) is 20.6. The number of nitrogens with zero attached hydrogens (tertiary/aromatic N) is 6. The zero-order chi connectivity index (χ0) is 41.4. The van der Waals surface area contributed by atoms with Gasteiger partial charge in [-0.05, 0) is 71.3 Å². The number of amidine groups is 2. The van der Waals surface area contributed by atoms with Crippen molar-refractivity contribution in [1.82, 2.24) is 14.5 Å². The topological polar surface area (TPSA) is 95.8 Å². The second kappa shape index (κ2) is 14.0. The Morgan fingerprint density at radius 3 is 2.05 bits per heavy atom. The van der Waals surface area contributed by atoms with E-state index in [1.165, 1.54) is 5.39 Å². The van der Waals surface area contributed by atoms with Gasteiger partial charge in [0, 0.05) is 43.7 Å². The lowest BCUT2D eigenvalue weighted by molar-refractivity contribution is 0.666. The minimum absolute atomic E-state index is 0.450. The number of aromatic nitrogens is 3. The van der Waals surface area contributed by atoms with Crippen LogP contribution < -0.4 is 0 Å². The molecule has 1 atom stereocenters. The molecule has 8 nitrogen and oxygen atoms in total. The molecular formula is C55H33N6O2-. The first kappa shape index (κ1) is 35.2. The van der Waals surface area contributed by atoms with Crippen molar-refractivity contribution in [3.8, 4) is 28.3 Å². The first-order chi connectivity index (χ1) is 31.2. The minimum atomic E-state index is -0.450. The first-order valence-corrected chi connectivity index (χ1v) is 20.9. The summed E-state index contributed by atoms with van der Waals surface area (Å²) < 4.78 is 15.6. The fourth-order valence-electron chi connectivity index (χ4n) is 9.09. The highest BCUT2D eigenvalue weighted by Crippen LogP contribution is 2.41. The maximum Gasteiger partial charge on any atom is 0.180 e. The highest BCUT2D eigenvalue weighted by atomic mass is 16.3. The summed E-state index contributed by atoms with van der Waals surface area (Å²) in [5.41, 5.74) is 12.1. The normalized spacial score (nSPS) is 14.2. The molecule has 13 rings (SSSR count). The highest BCUT2D eigenvalue weighted by Gasteiger charge is 2.22. The molecule has 1 unspecified atom stereocenters. The van der Waals surface area contributed by atoms with Crippen LogP contribution >= 0.6 is 0 Å². The van der Waals surface area contributed by atoms with Gasteiger partial charge >= 0.3 is 0 Å². The van der Waals surface area contributed by atoms with Crippen molar-refractivity contribution in [2.45, 2.75) is 6.17 Å². The van der Waals surface area contributed by atoms with Crippen LogP contribution in [0.25, 0.3) is 99.5 Å². The summed E-state index contributed by atoms with van der Waals surface area (Å²) in [6.45, 7) is 0. The number of para-hydroxylation sites is 3. The van der Waals surface area contributed by atoms with Gasteiger partial charge < -0.3 is 23.7 Å². The van der Waals surface area contributed by atoms with Crippen molar-refractivity contribution in [3.63, 3.8) is 0 Å². The number of hydrogen-bond donors (Lipinski definition) is 0. The molecule has 63 heavy (non-hydrogen) atoms. The summed E-state index contributed by atoms with van der Waals surface area (Å²) in [7, 11) is 0. The van der Waals surface area contributed by atoms with Crippen LogP contribution in [-0.2, 0) is 0 Å². The average molecular weight is 810 g/mol. The third-order valence-electron chi connectivity index (χ3n) is 12.0. The Kier molecular flexibility index (Phi) is 7.80.